The minimum absolute atomic E-state index is 0.870. The number of hydrogen-bond donors (Lipinski definition) is 0. The molecule has 3 heterocycles. The van der Waals surface area contributed by atoms with Gasteiger partial charge >= 0.3 is 0 Å². The predicted molar refractivity (Wildman–Crippen MR) is 231 cm³/mol. The minimum atomic E-state index is 0.870. The van der Waals surface area contributed by atoms with Crippen LogP contribution >= 0.6 is 0 Å². The maximum absolute atomic E-state index is 6.53. The van der Waals surface area contributed by atoms with Gasteiger partial charge in [-0.1, -0.05) is 115 Å². The van der Waals surface area contributed by atoms with E-state index in [0.29, 0.717) is 0 Å². The Bertz CT molecular complexity index is 3470. The van der Waals surface area contributed by atoms with Crippen LogP contribution < -0.4 is 4.90 Å². The van der Waals surface area contributed by atoms with Crippen molar-refractivity contribution < 1.29 is 13.3 Å². The maximum Gasteiger partial charge on any atom is 0.143 e. The lowest BCUT2D eigenvalue weighted by Crippen LogP contribution is -2.09. The smallest absolute Gasteiger partial charge is 0.143 e. The highest BCUT2D eigenvalue weighted by Gasteiger charge is 2.19. The molecule has 0 spiro atoms. The molecule has 9 aromatic carbocycles. The van der Waals surface area contributed by atoms with Crippen molar-refractivity contribution in [3.63, 3.8) is 0 Å². The molecule has 4 heteroatoms. The maximum atomic E-state index is 6.53. The first-order chi connectivity index (χ1) is 27.7. The molecule has 4 nitrogen and oxygen atoms in total. The third-order valence-electron chi connectivity index (χ3n) is 11.3. The van der Waals surface area contributed by atoms with E-state index >= 15 is 0 Å². The summed E-state index contributed by atoms with van der Waals surface area (Å²) in [5, 5.41) is 9.00. The number of hydrogen-bond acceptors (Lipinski definition) is 4. The Morgan fingerprint density at radius 3 is 1.54 bits per heavy atom. The Balaban J connectivity index is 0.996. The van der Waals surface area contributed by atoms with E-state index in [9.17, 15) is 0 Å². The number of anilines is 3. The van der Waals surface area contributed by atoms with Crippen LogP contribution in [0.1, 0.15) is 0 Å². The zero-order valence-corrected chi connectivity index (χ0v) is 30.1. The predicted octanol–water partition coefficient (Wildman–Crippen LogP) is 15.3. The first kappa shape index (κ1) is 30.9. The van der Waals surface area contributed by atoms with Gasteiger partial charge in [-0.3, -0.25) is 0 Å². The second kappa shape index (κ2) is 12.0. The van der Waals surface area contributed by atoms with Crippen LogP contribution in [0.25, 0.3) is 98.8 Å². The van der Waals surface area contributed by atoms with Crippen LogP contribution in [0.4, 0.5) is 17.1 Å². The van der Waals surface area contributed by atoms with Crippen molar-refractivity contribution in [1.82, 2.24) is 0 Å². The summed E-state index contributed by atoms with van der Waals surface area (Å²) in [5.41, 5.74) is 13.0. The van der Waals surface area contributed by atoms with Crippen LogP contribution in [0.15, 0.2) is 201 Å². The quantitative estimate of drug-likeness (QED) is 0.178. The Kier molecular flexibility index (Phi) is 6.60. The van der Waals surface area contributed by atoms with Crippen molar-refractivity contribution in [3.05, 3.63) is 188 Å². The molecule has 12 aromatic rings. The van der Waals surface area contributed by atoms with E-state index in [2.05, 4.69) is 163 Å². The van der Waals surface area contributed by atoms with E-state index < -0.39 is 0 Å². The molecular formula is C52H31NO3. The standard InChI is InChI=1S/C52H31NO3/c1-2-10-40-32(9-1)23-29-43-51-39(14-8-18-49(51)56-52(40)43)34-21-26-36(27-22-34)53(37-28-30-47-44(31-37)41-11-3-5-15-45(41)54-47)35-24-19-33(20-25-35)38-13-7-17-48-50(38)42-12-4-6-16-46(42)55-48/h1-31H. The Hall–Kier alpha value is -7.56. The molecule has 0 saturated carbocycles. The lowest BCUT2D eigenvalue weighted by molar-refractivity contribution is 0.668. The second-order valence-corrected chi connectivity index (χ2v) is 14.4. The van der Waals surface area contributed by atoms with Gasteiger partial charge in [0.15, 0.2) is 0 Å². The molecule has 0 unspecified atom stereocenters. The summed E-state index contributed by atoms with van der Waals surface area (Å²) in [5.74, 6) is 0. The molecule has 0 atom stereocenters. The molecule has 0 saturated heterocycles. The lowest BCUT2D eigenvalue weighted by atomic mass is 9.97. The zero-order chi connectivity index (χ0) is 36.7. The largest absolute Gasteiger partial charge is 0.456 e. The van der Waals surface area contributed by atoms with Crippen LogP contribution in [0.3, 0.4) is 0 Å². The molecule has 0 bridgehead atoms. The molecule has 0 aliphatic carbocycles. The normalized spacial score (nSPS) is 11.9. The van der Waals surface area contributed by atoms with Crippen LogP contribution in [0.5, 0.6) is 0 Å². The van der Waals surface area contributed by atoms with E-state index in [1.807, 2.05) is 30.3 Å². The molecule has 0 N–H and O–H groups in total. The lowest BCUT2D eigenvalue weighted by Gasteiger charge is -2.26. The van der Waals surface area contributed by atoms with Crippen LogP contribution in [0.2, 0.25) is 0 Å². The van der Waals surface area contributed by atoms with E-state index in [1.165, 1.54) is 5.39 Å². The fourth-order valence-electron chi connectivity index (χ4n) is 8.69. The average Bonchev–Trinajstić information content (AvgIpc) is 3.96. The fourth-order valence-corrected chi connectivity index (χ4v) is 8.69. The van der Waals surface area contributed by atoms with E-state index in [1.54, 1.807) is 0 Å². The molecule has 56 heavy (non-hydrogen) atoms. The molecule has 0 radical (unpaired) electrons. The van der Waals surface area contributed by atoms with Gasteiger partial charge < -0.3 is 18.2 Å². The highest BCUT2D eigenvalue weighted by Crippen LogP contribution is 2.43. The molecule has 0 aliphatic heterocycles. The van der Waals surface area contributed by atoms with Gasteiger partial charge in [-0.15, -0.1) is 0 Å². The SMILES string of the molecule is c1ccc2c(c1)ccc1c2oc2cccc(-c3ccc(N(c4ccc(-c5cccc6oc7ccccc7c56)cc4)c4ccc5oc6ccccc6c5c4)cc3)c21. The highest BCUT2D eigenvalue weighted by molar-refractivity contribution is 6.19. The van der Waals surface area contributed by atoms with Gasteiger partial charge in [-0.05, 0) is 100 Å². The number of rotatable bonds is 5. The van der Waals surface area contributed by atoms with Crippen LogP contribution in [-0.2, 0) is 0 Å². The van der Waals surface area contributed by atoms with Gasteiger partial charge in [0.2, 0.25) is 0 Å². The number of nitrogens with zero attached hydrogens (tertiary/aromatic N) is 1. The third kappa shape index (κ3) is 4.66. The first-order valence-electron chi connectivity index (χ1n) is 18.9. The van der Waals surface area contributed by atoms with Gasteiger partial charge in [0.25, 0.3) is 0 Å². The monoisotopic (exact) mass is 717 g/mol. The van der Waals surface area contributed by atoms with Crippen molar-refractivity contribution >= 4 is 93.7 Å². The Morgan fingerprint density at radius 1 is 0.304 bits per heavy atom. The molecule has 0 fully saturated rings. The van der Waals surface area contributed by atoms with Gasteiger partial charge in [0, 0.05) is 54.8 Å². The van der Waals surface area contributed by atoms with E-state index in [4.69, 9.17) is 13.3 Å². The number of furan rings is 3. The van der Waals surface area contributed by atoms with Crippen molar-refractivity contribution in [2.75, 3.05) is 4.90 Å². The summed E-state index contributed by atoms with van der Waals surface area (Å²) in [6.45, 7) is 0. The van der Waals surface area contributed by atoms with Gasteiger partial charge in [0.1, 0.15) is 33.5 Å². The molecular weight excluding hydrogens is 687 g/mol. The fraction of sp³-hybridized carbons (Fsp3) is 0. The van der Waals surface area contributed by atoms with Crippen molar-refractivity contribution in [1.29, 1.82) is 0 Å². The molecule has 0 amide bonds. The van der Waals surface area contributed by atoms with E-state index in [0.717, 1.165) is 111 Å². The molecule has 262 valence electrons. The van der Waals surface area contributed by atoms with Crippen LogP contribution in [0, 0.1) is 0 Å². The first-order valence-corrected chi connectivity index (χ1v) is 18.9. The Labute approximate surface area is 321 Å². The van der Waals surface area contributed by atoms with Crippen molar-refractivity contribution in [3.8, 4) is 22.3 Å². The number of fused-ring (bicyclic) bond motifs is 11. The van der Waals surface area contributed by atoms with Crippen LogP contribution in [-0.4, -0.2) is 0 Å². The summed E-state index contributed by atoms with van der Waals surface area (Å²) in [4.78, 5) is 2.32. The average molecular weight is 718 g/mol. The van der Waals surface area contributed by atoms with E-state index in [-0.39, 0.29) is 0 Å². The van der Waals surface area contributed by atoms with Crippen molar-refractivity contribution in [2.24, 2.45) is 0 Å². The summed E-state index contributed by atoms with van der Waals surface area (Å²) >= 11 is 0. The summed E-state index contributed by atoms with van der Waals surface area (Å²) < 4.78 is 19.0. The molecule has 3 aromatic heterocycles. The summed E-state index contributed by atoms with van der Waals surface area (Å²) in [6.07, 6.45) is 0. The molecule has 12 rings (SSSR count). The molecule has 0 aliphatic rings. The third-order valence-corrected chi connectivity index (χ3v) is 11.3. The summed E-state index contributed by atoms with van der Waals surface area (Å²) in [7, 11) is 0. The van der Waals surface area contributed by atoms with Crippen molar-refractivity contribution in [2.45, 2.75) is 0 Å². The number of benzene rings is 9. The van der Waals surface area contributed by atoms with Gasteiger partial charge in [0.05, 0.1) is 0 Å². The summed E-state index contributed by atoms with van der Waals surface area (Å²) in [6, 6.07) is 66.1. The second-order valence-electron chi connectivity index (χ2n) is 14.4. The minimum Gasteiger partial charge on any atom is -0.456 e. The van der Waals surface area contributed by atoms with Gasteiger partial charge in [-0.25, -0.2) is 0 Å². The highest BCUT2D eigenvalue weighted by atomic mass is 16.3. The zero-order valence-electron chi connectivity index (χ0n) is 30.1. The topological polar surface area (TPSA) is 42.7 Å². The number of para-hydroxylation sites is 2. The Morgan fingerprint density at radius 2 is 0.821 bits per heavy atom. The van der Waals surface area contributed by atoms with Gasteiger partial charge in [-0.2, -0.15) is 0 Å².